The average molecular weight is 436 g/mol. The molecule has 0 aliphatic heterocycles. The summed E-state index contributed by atoms with van der Waals surface area (Å²) in [6.07, 6.45) is 0.699. The molecule has 0 saturated heterocycles. The van der Waals surface area contributed by atoms with Gasteiger partial charge in [-0.1, -0.05) is 56.5 Å². The molecule has 0 bridgehead atoms. The zero-order chi connectivity index (χ0) is 15.4. The normalized spacial score (nSPS) is 12.4. The summed E-state index contributed by atoms with van der Waals surface area (Å²) in [4.78, 5) is 0. The summed E-state index contributed by atoms with van der Waals surface area (Å²) in [5, 5.41) is 4.12. The molecule has 0 amide bonds. The van der Waals surface area contributed by atoms with Gasteiger partial charge in [0.1, 0.15) is 5.82 Å². The van der Waals surface area contributed by atoms with Crippen molar-refractivity contribution in [3.63, 3.8) is 0 Å². The van der Waals surface area contributed by atoms with E-state index in [1.54, 1.807) is 6.07 Å². The third-order valence-electron chi connectivity index (χ3n) is 3.15. The van der Waals surface area contributed by atoms with Crippen molar-refractivity contribution in [3.05, 3.63) is 67.3 Å². The number of rotatable bonds is 5. The van der Waals surface area contributed by atoms with E-state index >= 15 is 0 Å². The summed E-state index contributed by atoms with van der Waals surface area (Å²) in [6.45, 7) is 2.88. The van der Waals surface area contributed by atoms with Crippen molar-refractivity contribution in [2.45, 2.75) is 19.4 Å². The van der Waals surface area contributed by atoms with Crippen LogP contribution in [0.1, 0.15) is 24.1 Å². The maximum absolute atomic E-state index is 13.5. The minimum Gasteiger partial charge on any atom is -0.310 e. The quantitative estimate of drug-likeness (QED) is 0.617. The molecule has 0 heterocycles. The van der Waals surface area contributed by atoms with E-state index in [-0.39, 0.29) is 11.9 Å². The van der Waals surface area contributed by atoms with E-state index in [0.29, 0.717) is 11.4 Å². The minimum absolute atomic E-state index is 0.0929. The lowest BCUT2D eigenvalue weighted by Gasteiger charge is -2.20. The molecular weight excluding hydrogens is 420 g/mol. The van der Waals surface area contributed by atoms with Crippen LogP contribution in [0.4, 0.5) is 4.39 Å². The third-order valence-corrected chi connectivity index (χ3v) is 4.53. The van der Waals surface area contributed by atoms with E-state index in [2.05, 4.69) is 44.1 Å². The van der Waals surface area contributed by atoms with Crippen LogP contribution in [-0.4, -0.2) is 6.54 Å². The molecule has 1 N–H and O–H groups in total. The second-order valence-corrected chi connectivity index (χ2v) is 6.96. The fourth-order valence-corrected chi connectivity index (χ4v) is 3.76. The molecule has 0 aromatic heterocycles. The first kappa shape index (κ1) is 16.9. The molecule has 1 unspecified atom stereocenters. The Morgan fingerprint density at radius 3 is 2.57 bits per heavy atom. The van der Waals surface area contributed by atoms with Crippen LogP contribution in [0.15, 0.2) is 45.3 Å². The lowest BCUT2D eigenvalue weighted by atomic mass is 9.98. The van der Waals surface area contributed by atoms with Gasteiger partial charge in [-0.3, -0.25) is 0 Å². The number of hydrogen-bond donors (Lipinski definition) is 1. The zero-order valence-electron chi connectivity index (χ0n) is 11.5. The molecule has 2 aromatic rings. The number of nitrogens with one attached hydrogen (secondary N) is 1. The summed E-state index contributed by atoms with van der Waals surface area (Å²) in [7, 11) is 0. The molecule has 0 spiro atoms. The number of benzene rings is 2. The highest BCUT2D eigenvalue weighted by Gasteiger charge is 2.15. The van der Waals surface area contributed by atoms with Crippen molar-refractivity contribution in [1.82, 2.24) is 5.32 Å². The van der Waals surface area contributed by atoms with Crippen LogP contribution < -0.4 is 5.32 Å². The molecule has 1 atom stereocenters. The van der Waals surface area contributed by atoms with Crippen molar-refractivity contribution in [2.75, 3.05) is 6.54 Å². The Bertz CT molecular complexity index is 613. The van der Waals surface area contributed by atoms with Gasteiger partial charge in [-0.25, -0.2) is 4.39 Å². The Kier molecular flexibility index (Phi) is 6.23. The van der Waals surface area contributed by atoms with Crippen molar-refractivity contribution in [2.24, 2.45) is 0 Å². The van der Waals surface area contributed by atoms with Gasteiger partial charge in [-0.15, -0.1) is 0 Å². The summed E-state index contributed by atoms with van der Waals surface area (Å²) >= 11 is 12.9. The highest BCUT2D eigenvalue weighted by molar-refractivity contribution is 9.10. The maximum Gasteiger partial charge on any atom is 0.124 e. The molecule has 2 rings (SSSR count). The van der Waals surface area contributed by atoms with E-state index in [1.807, 2.05) is 24.3 Å². The zero-order valence-corrected chi connectivity index (χ0v) is 15.4. The first-order chi connectivity index (χ1) is 9.99. The first-order valence-electron chi connectivity index (χ1n) is 6.63. The number of hydrogen-bond acceptors (Lipinski definition) is 1. The average Bonchev–Trinajstić information content (AvgIpc) is 2.37. The summed E-state index contributed by atoms with van der Waals surface area (Å²) in [5.74, 6) is -0.232. The summed E-state index contributed by atoms with van der Waals surface area (Å²) in [5.41, 5.74) is 2.05. The van der Waals surface area contributed by atoms with Crippen LogP contribution in [0.25, 0.3) is 0 Å². The second-order valence-electron chi connectivity index (χ2n) is 4.76. The van der Waals surface area contributed by atoms with E-state index < -0.39 is 0 Å². The van der Waals surface area contributed by atoms with Gasteiger partial charge in [-0.05, 0) is 54.4 Å². The predicted molar refractivity (Wildman–Crippen MR) is 93.4 cm³/mol. The van der Waals surface area contributed by atoms with E-state index in [9.17, 15) is 4.39 Å². The topological polar surface area (TPSA) is 12.0 Å². The smallest absolute Gasteiger partial charge is 0.124 e. The van der Waals surface area contributed by atoms with Crippen LogP contribution in [0, 0.1) is 5.82 Å². The molecule has 21 heavy (non-hydrogen) atoms. The van der Waals surface area contributed by atoms with Crippen molar-refractivity contribution >= 4 is 43.5 Å². The first-order valence-corrected chi connectivity index (χ1v) is 8.59. The Morgan fingerprint density at radius 2 is 1.95 bits per heavy atom. The van der Waals surface area contributed by atoms with Crippen molar-refractivity contribution in [3.8, 4) is 0 Å². The van der Waals surface area contributed by atoms with Crippen LogP contribution in [-0.2, 0) is 6.42 Å². The standard InChI is InChI=1S/C16H15Br2ClFN/c1-2-21-16(14-4-3-12(19)9-15(14)18)7-10-5-11(17)8-13(20)6-10/h3-6,8-9,16,21H,2,7H2,1H3. The lowest BCUT2D eigenvalue weighted by Crippen LogP contribution is -2.23. The molecule has 1 nitrogen and oxygen atoms in total. The van der Waals surface area contributed by atoms with Crippen LogP contribution in [0.2, 0.25) is 5.02 Å². The van der Waals surface area contributed by atoms with Crippen LogP contribution in [0.3, 0.4) is 0 Å². The summed E-state index contributed by atoms with van der Waals surface area (Å²) < 4.78 is 15.2. The highest BCUT2D eigenvalue weighted by Crippen LogP contribution is 2.29. The molecule has 0 fully saturated rings. The van der Waals surface area contributed by atoms with Gasteiger partial charge in [0.2, 0.25) is 0 Å². The maximum atomic E-state index is 13.5. The monoisotopic (exact) mass is 433 g/mol. The van der Waals surface area contributed by atoms with Gasteiger partial charge < -0.3 is 5.32 Å². The number of likely N-dealkylation sites (N-methyl/N-ethyl adjacent to an activating group) is 1. The van der Waals surface area contributed by atoms with Gasteiger partial charge in [0.05, 0.1) is 0 Å². The fraction of sp³-hybridized carbons (Fsp3) is 0.250. The number of halogens is 4. The van der Waals surface area contributed by atoms with E-state index in [0.717, 1.165) is 26.6 Å². The Balaban J connectivity index is 2.30. The molecular formula is C16H15Br2ClFN. The molecule has 0 saturated carbocycles. The lowest BCUT2D eigenvalue weighted by molar-refractivity contribution is 0.544. The Morgan fingerprint density at radius 1 is 1.19 bits per heavy atom. The van der Waals surface area contributed by atoms with Crippen molar-refractivity contribution < 1.29 is 4.39 Å². The van der Waals surface area contributed by atoms with Gasteiger partial charge >= 0.3 is 0 Å². The highest BCUT2D eigenvalue weighted by atomic mass is 79.9. The molecule has 2 aromatic carbocycles. The van der Waals surface area contributed by atoms with E-state index in [1.165, 1.54) is 6.07 Å². The molecule has 0 radical (unpaired) electrons. The van der Waals surface area contributed by atoms with Gasteiger partial charge in [-0.2, -0.15) is 0 Å². The van der Waals surface area contributed by atoms with E-state index in [4.69, 9.17) is 11.6 Å². The molecule has 0 aliphatic rings. The SMILES string of the molecule is CCNC(Cc1cc(F)cc(Br)c1)c1ccc(Cl)cc1Br. The minimum atomic E-state index is -0.232. The fourth-order valence-electron chi connectivity index (χ4n) is 2.29. The van der Waals surface area contributed by atoms with Gasteiger partial charge in [0.15, 0.2) is 0 Å². The Hall–Kier alpha value is -0.420. The largest absolute Gasteiger partial charge is 0.310 e. The van der Waals surface area contributed by atoms with Gasteiger partial charge in [0, 0.05) is 20.0 Å². The van der Waals surface area contributed by atoms with Gasteiger partial charge in [0.25, 0.3) is 0 Å². The van der Waals surface area contributed by atoms with Crippen LogP contribution in [0.5, 0.6) is 0 Å². The molecule has 5 heteroatoms. The van der Waals surface area contributed by atoms with Crippen molar-refractivity contribution in [1.29, 1.82) is 0 Å². The van der Waals surface area contributed by atoms with Crippen LogP contribution >= 0.6 is 43.5 Å². The third kappa shape index (κ3) is 4.78. The summed E-state index contributed by atoms with van der Waals surface area (Å²) in [6, 6.07) is 10.8. The Labute approximate surface area is 146 Å². The second kappa shape index (κ2) is 7.73. The molecule has 112 valence electrons. The molecule has 0 aliphatic carbocycles. The predicted octanol–water partition coefficient (Wildman–Crippen LogP) is 5.90.